The van der Waals surface area contributed by atoms with Crippen LogP contribution in [0.5, 0.6) is 11.5 Å². The Morgan fingerprint density at radius 2 is 1.90 bits per heavy atom. The van der Waals surface area contributed by atoms with Crippen LogP contribution in [0.25, 0.3) is 0 Å². The van der Waals surface area contributed by atoms with Gasteiger partial charge in [-0.3, -0.25) is 4.79 Å². The van der Waals surface area contributed by atoms with E-state index in [0.717, 1.165) is 16.8 Å². The average Bonchev–Trinajstić information content (AvgIpc) is 3.21. The van der Waals surface area contributed by atoms with Gasteiger partial charge in [-0.25, -0.2) is 4.68 Å². The molecule has 1 atom stereocenters. The molecule has 8 heteroatoms. The summed E-state index contributed by atoms with van der Waals surface area (Å²) in [4.78, 5) is 17.7. The number of nitrogens with zero attached hydrogens (tertiary/aromatic N) is 3. The molecule has 0 unspecified atom stereocenters. The van der Waals surface area contributed by atoms with E-state index in [0.29, 0.717) is 28.7 Å². The molecule has 8 nitrogen and oxygen atoms in total. The first-order valence-corrected chi connectivity index (χ1v) is 9.50. The number of carbonyl (C=O) groups is 1. The van der Waals surface area contributed by atoms with Crippen LogP contribution in [0.2, 0.25) is 0 Å². The van der Waals surface area contributed by atoms with Crippen LogP contribution in [0.1, 0.15) is 24.1 Å². The summed E-state index contributed by atoms with van der Waals surface area (Å²) in [6, 6.07) is 12.7. The molecule has 0 aliphatic carbocycles. The number of amides is 1. The van der Waals surface area contributed by atoms with Crippen molar-refractivity contribution in [2.75, 3.05) is 24.9 Å². The molecular weight excluding hydrogens is 382 g/mol. The second kappa shape index (κ2) is 7.90. The van der Waals surface area contributed by atoms with Gasteiger partial charge in [0, 0.05) is 16.9 Å². The van der Waals surface area contributed by atoms with Gasteiger partial charge in [-0.15, -0.1) is 0 Å². The van der Waals surface area contributed by atoms with Crippen LogP contribution in [0.15, 0.2) is 60.1 Å². The Hall–Kier alpha value is -3.81. The van der Waals surface area contributed by atoms with Crippen LogP contribution in [0, 0.1) is 6.92 Å². The smallest absolute Gasteiger partial charge is 0.255 e. The molecule has 1 aliphatic heterocycles. The Bertz CT molecular complexity index is 1140. The summed E-state index contributed by atoms with van der Waals surface area (Å²) in [7, 11) is 3.16. The number of para-hydroxylation sites is 2. The van der Waals surface area contributed by atoms with E-state index in [2.05, 4.69) is 20.7 Å². The van der Waals surface area contributed by atoms with Gasteiger partial charge in [-0.2, -0.15) is 10.1 Å². The number of aryl methyl sites for hydroxylation is 1. The summed E-state index contributed by atoms with van der Waals surface area (Å²) < 4.78 is 12.8. The maximum Gasteiger partial charge on any atom is 0.255 e. The lowest BCUT2D eigenvalue weighted by Gasteiger charge is -2.30. The molecule has 0 saturated carbocycles. The highest BCUT2D eigenvalue weighted by Gasteiger charge is 2.36. The summed E-state index contributed by atoms with van der Waals surface area (Å²) in [5.41, 5.74) is 3.69. The van der Waals surface area contributed by atoms with E-state index in [4.69, 9.17) is 9.47 Å². The number of carbonyl (C=O) groups excluding carboxylic acids is 1. The van der Waals surface area contributed by atoms with Crippen LogP contribution in [-0.2, 0) is 4.79 Å². The molecule has 3 aromatic rings. The molecule has 2 aromatic carbocycles. The Kier molecular flexibility index (Phi) is 5.14. The fourth-order valence-corrected chi connectivity index (χ4v) is 3.70. The van der Waals surface area contributed by atoms with Crippen LogP contribution < -0.4 is 20.1 Å². The van der Waals surface area contributed by atoms with Gasteiger partial charge in [0.15, 0.2) is 11.5 Å². The zero-order valence-corrected chi connectivity index (χ0v) is 17.3. The number of nitrogens with one attached hydrogen (secondary N) is 2. The first kappa shape index (κ1) is 19.5. The molecule has 0 fully saturated rings. The van der Waals surface area contributed by atoms with Crippen molar-refractivity contribution in [2.24, 2.45) is 0 Å². The fraction of sp³-hybridized carbons (Fsp3) is 0.227. The van der Waals surface area contributed by atoms with Crippen LogP contribution >= 0.6 is 0 Å². The first-order valence-electron chi connectivity index (χ1n) is 9.50. The van der Waals surface area contributed by atoms with Crippen molar-refractivity contribution in [1.82, 2.24) is 14.8 Å². The number of methoxy groups -OCH3 is 2. The van der Waals surface area contributed by atoms with Crippen LogP contribution in [0.4, 0.5) is 11.6 Å². The summed E-state index contributed by atoms with van der Waals surface area (Å²) in [5, 5.41) is 10.6. The number of fused-ring (bicyclic) bond motifs is 1. The minimum absolute atomic E-state index is 0.231. The van der Waals surface area contributed by atoms with Gasteiger partial charge in [-0.1, -0.05) is 30.3 Å². The van der Waals surface area contributed by atoms with Crippen molar-refractivity contribution in [3.8, 4) is 11.5 Å². The minimum Gasteiger partial charge on any atom is -0.493 e. The van der Waals surface area contributed by atoms with Gasteiger partial charge < -0.3 is 20.1 Å². The predicted octanol–water partition coefficient (Wildman–Crippen LogP) is 3.53. The lowest BCUT2D eigenvalue weighted by molar-refractivity contribution is -0.113. The molecule has 30 heavy (non-hydrogen) atoms. The molecule has 0 spiro atoms. The molecule has 1 amide bonds. The number of allylic oxidation sites excluding steroid dienone is 1. The predicted molar refractivity (Wildman–Crippen MR) is 114 cm³/mol. The molecule has 0 radical (unpaired) electrons. The number of anilines is 2. The van der Waals surface area contributed by atoms with E-state index >= 15 is 0 Å². The average molecular weight is 405 g/mol. The van der Waals surface area contributed by atoms with Crippen molar-refractivity contribution in [3.05, 3.63) is 71.2 Å². The van der Waals surface area contributed by atoms with Crippen molar-refractivity contribution >= 4 is 17.5 Å². The third-order valence-corrected chi connectivity index (χ3v) is 5.16. The quantitative estimate of drug-likeness (QED) is 0.675. The van der Waals surface area contributed by atoms with Crippen molar-refractivity contribution in [1.29, 1.82) is 0 Å². The Morgan fingerprint density at radius 1 is 1.10 bits per heavy atom. The molecule has 1 aromatic heterocycles. The molecule has 154 valence electrons. The van der Waals surface area contributed by atoms with E-state index in [1.54, 1.807) is 18.9 Å². The molecule has 4 rings (SSSR count). The highest BCUT2D eigenvalue weighted by molar-refractivity contribution is 6.06. The fourth-order valence-electron chi connectivity index (χ4n) is 3.70. The highest BCUT2D eigenvalue weighted by atomic mass is 16.5. The van der Waals surface area contributed by atoms with Crippen LogP contribution in [0.3, 0.4) is 0 Å². The van der Waals surface area contributed by atoms with Crippen molar-refractivity contribution < 1.29 is 14.3 Å². The third kappa shape index (κ3) is 3.26. The summed E-state index contributed by atoms with van der Waals surface area (Å²) in [6.45, 7) is 3.80. The van der Waals surface area contributed by atoms with Crippen LogP contribution in [-0.4, -0.2) is 34.9 Å². The summed E-state index contributed by atoms with van der Waals surface area (Å²) >= 11 is 0. The first-order chi connectivity index (χ1) is 14.5. The topological polar surface area (TPSA) is 90.3 Å². The zero-order chi connectivity index (χ0) is 21.3. The molecule has 0 bridgehead atoms. The maximum atomic E-state index is 13.5. The molecule has 1 aliphatic rings. The Labute approximate surface area is 174 Å². The van der Waals surface area contributed by atoms with Gasteiger partial charge in [-0.05, 0) is 31.5 Å². The van der Waals surface area contributed by atoms with E-state index in [1.165, 1.54) is 6.33 Å². The molecule has 2 N–H and O–H groups in total. The van der Waals surface area contributed by atoms with Crippen molar-refractivity contribution in [2.45, 2.75) is 19.9 Å². The van der Waals surface area contributed by atoms with E-state index in [9.17, 15) is 4.79 Å². The Morgan fingerprint density at radius 3 is 2.63 bits per heavy atom. The van der Waals surface area contributed by atoms with E-state index in [1.807, 2.05) is 56.3 Å². The lowest BCUT2D eigenvalue weighted by atomic mass is 9.93. The summed E-state index contributed by atoms with van der Waals surface area (Å²) in [5.74, 6) is 1.44. The third-order valence-electron chi connectivity index (χ3n) is 5.16. The summed E-state index contributed by atoms with van der Waals surface area (Å²) in [6.07, 6.45) is 1.46. The van der Waals surface area contributed by atoms with Gasteiger partial charge in [0.1, 0.15) is 12.4 Å². The minimum atomic E-state index is -0.544. The van der Waals surface area contributed by atoms with Gasteiger partial charge in [0.05, 0.1) is 19.8 Å². The number of ether oxygens (including phenoxy) is 2. The molecule has 2 heterocycles. The number of hydrogen-bond acceptors (Lipinski definition) is 6. The number of hydrogen-bond donors (Lipinski definition) is 2. The highest BCUT2D eigenvalue weighted by Crippen LogP contribution is 2.42. The van der Waals surface area contributed by atoms with E-state index < -0.39 is 6.04 Å². The lowest BCUT2D eigenvalue weighted by Crippen LogP contribution is -2.32. The van der Waals surface area contributed by atoms with Gasteiger partial charge in [0.2, 0.25) is 5.95 Å². The Balaban J connectivity index is 1.84. The largest absolute Gasteiger partial charge is 0.493 e. The second-order valence-electron chi connectivity index (χ2n) is 6.95. The zero-order valence-electron chi connectivity index (χ0n) is 17.3. The number of benzene rings is 2. The van der Waals surface area contributed by atoms with Gasteiger partial charge in [0.25, 0.3) is 5.91 Å². The standard InChI is InChI=1S/C22H23N5O3/c1-13-8-5-6-10-16(13)26-21(28)18-14(2)25-22-23-12-24-27(22)19(18)15-9-7-11-17(29-3)20(15)30-4/h5-12,19H,1-4H3,(H,26,28)(H,23,24,25)/t19-/m0/s1. The number of rotatable bonds is 5. The normalized spacial score (nSPS) is 15.3. The SMILES string of the molecule is COc1cccc([C@H]2C(C(=O)Nc3ccccc3C)=C(C)Nc3ncnn32)c1OC. The van der Waals surface area contributed by atoms with E-state index in [-0.39, 0.29) is 5.91 Å². The van der Waals surface area contributed by atoms with Gasteiger partial charge >= 0.3 is 0 Å². The monoisotopic (exact) mass is 405 g/mol. The molecule has 0 saturated heterocycles. The number of aromatic nitrogens is 3. The maximum absolute atomic E-state index is 13.5. The second-order valence-corrected chi connectivity index (χ2v) is 6.95. The molecular formula is C22H23N5O3. The van der Waals surface area contributed by atoms with Crippen molar-refractivity contribution in [3.63, 3.8) is 0 Å².